The van der Waals surface area contributed by atoms with Gasteiger partial charge in [0.2, 0.25) is 15.9 Å². The molecule has 1 N–H and O–H groups in total. The number of sulfonamides is 1. The van der Waals surface area contributed by atoms with E-state index < -0.39 is 10.0 Å². The number of nitrogens with zero attached hydrogens (tertiary/aromatic N) is 1. The Morgan fingerprint density at radius 1 is 0.935 bits per heavy atom. The van der Waals surface area contributed by atoms with E-state index in [9.17, 15) is 18.0 Å². The maximum atomic E-state index is 12.9. The molecule has 164 valence electrons. The lowest BCUT2D eigenvalue weighted by Crippen LogP contribution is -2.43. The molecule has 1 amide bonds. The zero-order chi connectivity index (χ0) is 22.0. The van der Waals surface area contributed by atoms with Gasteiger partial charge in [-0.1, -0.05) is 42.5 Å². The molecule has 0 unspecified atom stereocenters. The van der Waals surface area contributed by atoms with Crippen LogP contribution < -0.4 is 5.32 Å². The molecule has 2 aromatic rings. The van der Waals surface area contributed by atoms with E-state index in [1.165, 1.54) is 35.5 Å². The monoisotopic (exact) mass is 440 g/mol. The number of hydrogen-bond donors (Lipinski definition) is 1. The number of nitrogens with one attached hydrogen (secondary N) is 1. The minimum Gasteiger partial charge on any atom is -0.349 e. The summed E-state index contributed by atoms with van der Waals surface area (Å²) in [7, 11) is -3.63. The minimum atomic E-state index is -3.63. The molecule has 0 aromatic heterocycles. The molecule has 0 spiro atoms. The lowest BCUT2D eigenvalue weighted by atomic mass is 9.95. The number of carbonyl (C=O) groups is 2. The lowest BCUT2D eigenvalue weighted by Gasteiger charge is -2.31. The Labute approximate surface area is 183 Å². The van der Waals surface area contributed by atoms with Crippen LogP contribution in [0.3, 0.4) is 0 Å². The zero-order valence-corrected chi connectivity index (χ0v) is 18.5. The molecule has 1 heterocycles. The van der Waals surface area contributed by atoms with Gasteiger partial charge in [-0.2, -0.15) is 4.31 Å². The van der Waals surface area contributed by atoms with Crippen LogP contribution >= 0.6 is 0 Å². The molecule has 1 atom stereocenters. The molecule has 31 heavy (non-hydrogen) atoms. The number of amides is 1. The van der Waals surface area contributed by atoms with Crippen molar-refractivity contribution in [3.05, 3.63) is 65.7 Å². The van der Waals surface area contributed by atoms with Crippen LogP contribution in [0.2, 0.25) is 0 Å². The average molecular weight is 441 g/mol. The predicted molar refractivity (Wildman–Crippen MR) is 118 cm³/mol. The normalized spacial score (nSPS) is 19.0. The third-order valence-corrected chi connectivity index (χ3v) is 8.19. The van der Waals surface area contributed by atoms with Crippen molar-refractivity contribution in [3.63, 3.8) is 0 Å². The number of ketones is 1. The molecule has 2 aliphatic rings. The smallest absolute Gasteiger partial charge is 0.243 e. The van der Waals surface area contributed by atoms with E-state index in [4.69, 9.17) is 0 Å². The SMILES string of the molecule is CC(=O)c1ccc(S(=O)(=O)N2CCC(C(=O)N[C@H](c3ccccc3)C3CC3)CC2)cc1. The fourth-order valence-corrected chi connectivity index (χ4v) is 5.67. The summed E-state index contributed by atoms with van der Waals surface area (Å²) in [5, 5.41) is 3.23. The average Bonchev–Trinajstić information content (AvgIpc) is 3.63. The largest absolute Gasteiger partial charge is 0.349 e. The van der Waals surface area contributed by atoms with Gasteiger partial charge < -0.3 is 5.32 Å². The molecule has 2 aromatic carbocycles. The maximum Gasteiger partial charge on any atom is 0.243 e. The van der Waals surface area contributed by atoms with Crippen LogP contribution in [0.1, 0.15) is 54.6 Å². The third kappa shape index (κ3) is 4.88. The quantitative estimate of drug-likeness (QED) is 0.668. The van der Waals surface area contributed by atoms with Gasteiger partial charge in [0, 0.05) is 24.6 Å². The number of Topliss-reactive ketones (excluding diaryl/α,β-unsaturated/α-hetero) is 1. The third-order valence-electron chi connectivity index (χ3n) is 6.27. The summed E-state index contributed by atoms with van der Waals surface area (Å²) in [5.41, 5.74) is 1.62. The first-order valence-corrected chi connectivity index (χ1v) is 12.3. The zero-order valence-electron chi connectivity index (χ0n) is 17.7. The summed E-state index contributed by atoms with van der Waals surface area (Å²) in [6, 6.07) is 16.1. The molecule has 0 bridgehead atoms. The fourth-order valence-electron chi connectivity index (χ4n) is 4.20. The highest BCUT2D eigenvalue weighted by molar-refractivity contribution is 7.89. The molecule has 1 saturated heterocycles. The summed E-state index contributed by atoms with van der Waals surface area (Å²) in [6.45, 7) is 2.08. The summed E-state index contributed by atoms with van der Waals surface area (Å²) in [6.07, 6.45) is 3.25. The Hall–Kier alpha value is -2.51. The van der Waals surface area contributed by atoms with Crippen LogP contribution in [-0.4, -0.2) is 37.5 Å². The molecule has 1 saturated carbocycles. The van der Waals surface area contributed by atoms with Gasteiger partial charge in [-0.15, -0.1) is 0 Å². The van der Waals surface area contributed by atoms with E-state index in [1.807, 2.05) is 18.2 Å². The van der Waals surface area contributed by atoms with Crippen molar-refractivity contribution in [2.45, 2.75) is 43.5 Å². The molecule has 0 radical (unpaired) electrons. The highest BCUT2D eigenvalue weighted by Gasteiger charge is 2.36. The van der Waals surface area contributed by atoms with E-state index in [0.29, 0.717) is 37.4 Å². The van der Waals surface area contributed by atoms with Crippen LogP contribution in [0.5, 0.6) is 0 Å². The van der Waals surface area contributed by atoms with Gasteiger partial charge >= 0.3 is 0 Å². The molecule has 2 fully saturated rings. The van der Waals surface area contributed by atoms with Gasteiger partial charge in [0.05, 0.1) is 10.9 Å². The number of rotatable bonds is 7. The summed E-state index contributed by atoms with van der Waals surface area (Å²) < 4.78 is 27.3. The van der Waals surface area contributed by atoms with Gasteiger partial charge in [0.15, 0.2) is 5.78 Å². The van der Waals surface area contributed by atoms with Crippen molar-refractivity contribution in [2.24, 2.45) is 11.8 Å². The molecule has 1 aliphatic heterocycles. The van der Waals surface area contributed by atoms with E-state index in [2.05, 4.69) is 17.4 Å². The predicted octanol–water partition coefficient (Wildman–Crippen LogP) is 3.56. The molecule has 7 heteroatoms. The molecular weight excluding hydrogens is 412 g/mol. The number of hydrogen-bond acceptors (Lipinski definition) is 4. The molecule has 4 rings (SSSR count). The Morgan fingerprint density at radius 3 is 2.10 bits per heavy atom. The van der Waals surface area contributed by atoms with Gasteiger partial charge in [-0.05, 0) is 56.2 Å². The first kappa shape index (κ1) is 21.7. The number of carbonyl (C=O) groups excluding carboxylic acids is 2. The summed E-state index contributed by atoms with van der Waals surface area (Å²) in [4.78, 5) is 24.5. The van der Waals surface area contributed by atoms with Crippen LogP contribution in [0.15, 0.2) is 59.5 Å². The Balaban J connectivity index is 1.37. The van der Waals surface area contributed by atoms with Gasteiger partial charge in [-0.3, -0.25) is 9.59 Å². The first-order valence-electron chi connectivity index (χ1n) is 10.8. The van der Waals surface area contributed by atoms with Crippen molar-refractivity contribution in [1.82, 2.24) is 9.62 Å². The number of piperidine rings is 1. The van der Waals surface area contributed by atoms with Gasteiger partial charge in [-0.25, -0.2) is 8.42 Å². The van der Waals surface area contributed by atoms with E-state index in [-0.39, 0.29) is 28.5 Å². The van der Waals surface area contributed by atoms with Gasteiger partial charge in [0.25, 0.3) is 0 Å². The minimum absolute atomic E-state index is 0.0172. The van der Waals surface area contributed by atoms with Crippen molar-refractivity contribution in [2.75, 3.05) is 13.1 Å². The maximum absolute atomic E-state index is 12.9. The Morgan fingerprint density at radius 2 is 1.55 bits per heavy atom. The van der Waals surface area contributed by atoms with E-state index in [0.717, 1.165) is 18.4 Å². The van der Waals surface area contributed by atoms with Crippen LogP contribution in [-0.2, 0) is 14.8 Å². The standard InChI is InChI=1S/C24H28N2O4S/c1-17(27)18-9-11-22(12-10-18)31(29,30)26-15-13-21(14-16-26)24(28)25-23(20-7-8-20)19-5-3-2-4-6-19/h2-6,9-12,20-21,23H,7-8,13-16H2,1H3,(H,25,28)/t23-/m1/s1. The second-order valence-electron chi connectivity index (χ2n) is 8.49. The van der Waals surface area contributed by atoms with E-state index >= 15 is 0 Å². The molecular formula is C24H28N2O4S. The first-order chi connectivity index (χ1) is 14.9. The molecule has 1 aliphatic carbocycles. The molecule has 6 nitrogen and oxygen atoms in total. The second kappa shape index (κ2) is 8.93. The summed E-state index contributed by atoms with van der Waals surface area (Å²) >= 11 is 0. The Kier molecular flexibility index (Phi) is 6.25. The van der Waals surface area contributed by atoms with Crippen molar-refractivity contribution in [3.8, 4) is 0 Å². The second-order valence-corrected chi connectivity index (χ2v) is 10.4. The van der Waals surface area contributed by atoms with Gasteiger partial charge in [0.1, 0.15) is 0 Å². The summed E-state index contributed by atoms with van der Waals surface area (Å²) in [5.74, 6) is 0.223. The van der Waals surface area contributed by atoms with Crippen molar-refractivity contribution < 1.29 is 18.0 Å². The topological polar surface area (TPSA) is 83.6 Å². The fraction of sp³-hybridized carbons (Fsp3) is 0.417. The van der Waals surface area contributed by atoms with Crippen molar-refractivity contribution in [1.29, 1.82) is 0 Å². The Bertz CT molecular complexity index is 1040. The van der Waals surface area contributed by atoms with E-state index in [1.54, 1.807) is 0 Å². The highest BCUT2D eigenvalue weighted by atomic mass is 32.2. The van der Waals surface area contributed by atoms with Crippen molar-refractivity contribution >= 4 is 21.7 Å². The highest BCUT2D eigenvalue weighted by Crippen LogP contribution is 2.41. The van der Waals surface area contributed by atoms with Crippen LogP contribution in [0, 0.1) is 11.8 Å². The van der Waals surface area contributed by atoms with Crippen LogP contribution in [0.4, 0.5) is 0 Å². The number of benzene rings is 2. The lowest BCUT2D eigenvalue weighted by molar-refractivity contribution is -0.127. The van der Waals surface area contributed by atoms with Crippen LogP contribution in [0.25, 0.3) is 0 Å².